The van der Waals surface area contributed by atoms with E-state index in [1.54, 1.807) is 6.20 Å². The summed E-state index contributed by atoms with van der Waals surface area (Å²) in [6.07, 6.45) is 3.59. The number of fused-ring (bicyclic) bond motifs is 1. The maximum absolute atomic E-state index is 4.24. The van der Waals surface area contributed by atoms with Gasteiger partial charge in [-0.05, 0) is 13.0 Å². The maximum Gasteiger partial charge on any atom is 0.155 e. The number of aryl methyl sites for hydroxylation is 1. The summed E-state index contributed by atoms with van der Waals surface area (Å²) in [4.78, 5) is 11.3. The minimum absolute atomic E-state index is 0.852. The van der Waals surface area contributed by atoms with Crippen molar-refractivity contribution in [2.24, 2.45) is 0 Å². The first-order valence-electron chi connectivity index (χ1n) is 3.13. The maximum atomic E-state index is 4.24. The molecule has 0 aromatic carbocycles. The Bertz CT molecular complexity index is 350. The molecule has 0 bridgehead atoms. The SMILES string of the molecule is Cc1cnc2[nH]ccc2n1. The standard InChI is InChI=1S/C7H7N3/c1-5-4-9-7-6(10-5)2-3-8-7/h2-4H,1H3,(H,8,9). The topological polar surface area (TPSA) is 41.6 Å². The molecule has 0 aliphatic carbocycles. The van der Waals surface area contributed by atoms with Gasteiger partial charge in [-0.2, -0.15) is 0 Å². The van der Waals surface area contributed by atoms with Gasteiger partial charge in [-0.25, -0.2) is 9.97 Å². The van der Waals surface area contributed by atoms with Crippen molar-refractivity contribution in [2.75, 3.05) is 0 Å². The predicted octanol–water partition coefficient (Wildman–Crippen LogP) is 1.27. The fraction of sp³-hybridized carbons (Fsp3) is 0.143. The molecule has 1 N–H and O–H groups in total. The van der Waals surface area contributed by atoms with Crippen LogP contribution in [0.3, 0.4) is 0 Å². The van der Waals surface area contributed by atoms with Crippen LogP contribution in [0.5, 0.6) is 0 Å². The van der Waals surface area contributed by atoms with E-state index in [0.717, 1.165) is 16.9 Å². The number of rotatable bonds is 0. The molecular formula is C7H7N3. The average Bonchev–Trinajstić information content (AvgIpc) is 2.33. The highest BCUT2D eigenvalue weighted by molar-refractivity contribution is 5.69. The Hall–Kier alpha value is -1.38. The van der Waals surface area contributed by atoms with E-state index in [1.807, 2.05) is 19.2 Å². The Morgan fingerprint density at radius 1 is 1.50 bits per heavy atom. The fourth-order valence-electron chi connectivity index (χ4n) is 0.923. The van der Waals surface area contributed by atoms with Crippen LogP contribution in [0.4, 0.5) is 0 Å². The molecule has 0 atom stereocenters. The van der Waals surface area contributed by atoms with E-state index < -0.39 is 0 Å². The molecule has 0 fully saturated rings. The Balaban J connectivity index is 2.86. The number of hydrogen-bond acceptors (Lipinski definition) is 2. The Labute approximate surface area is 58.1 Å². The lowest BCUT2D eigenvalue weighted by Crippen LogP contribution is -1.83. The van der Waals surface area contributed by atoms with Crippen molar-refractivity contribution in [2.45, 2.75) is 6.92 Å². The Morgan fingerprint density at radius 3 is 3.30 bits per heavy atom. The van der Waals surface area contributed by atoms with Gasteiger partial charge < -0.3 is 4.98 Å². The van der Waals surface area contributed by atoms with Gasteiger partial charge in [0.2, 0.25) is 0 Å². The molecule has 2 aromatic rings. The first-order chi connectivity index (χ1) is 4.86. The normalized spacial score (nSPS) is 10.5. The van der Waals surface area contributed by atoms with E-state index in [4.69, 9.17) is 0 Å². The van der Waals surface area contributed by atoms with Crippen molar-refractivity contribution >= 4 is 11.2 Å². The zero-order chi connectivity index (χ0) is 6.97. The monoisotopic (exact) mass is 133 g/mol. The molecule has 2 rings (SSSR count). The quantitative estimate of drug-likeness (QED) is 0.588. The van der Waals surface area contributed by atoms with Gasteiger partial charge in [0, 0.05) is 6.20 Å². The molecule has 0 saturated heterocycles. The Morgan fingerprint density at radius 2 is 2.40 bits per heavy atom. The van der Waals surface area contributed by atoms with Crippen molar-refractivity contribution in [3.05, 3.63) is 24.2 Å². The van der Waals surface area contributed by atoms with Crippen LogP contribution >= 0.6 is 0 Å². The van der Waals surface area contributed by atoms with Gasteiger partial charge in [-0.3, -0.25) is 0 Å². The van der Waals surface area contributed by atoms with E-state index in [9.17, 15) is 0 Å². The molecule has 0 amide bonds. The van der Waals surface area contributed by atoms with Crippen LogP contribution in [0.1, 0.15) is 5.69 Å². The molecule has 0 saturated carbocycles. The number of H-pyrrole nitrogens is 1. The second kappa shape index (κ2) is 1.80. The van der Waals surface area contributed by atoms with Gasteiger partial charge in [-0.1, -0.05) is 0 Å². The van der Waals surface area contributed by atoms with Gasteiger partial charge in [0.25, 0.3) is 0 Å². The van der Waals surface area contributed by atoms with E-state index in [-0.39, 0.29) is 0 Å². The molecular weight excluding hydrogens is 126 g/mol. The van der Waals surface area contributed by atoms with Crippen LogP contribution in [0.15, 0.2) is 18.5 Å². The van der Waals surface area contributed by atoms with E-state index in [0.29, 0.717) is 0 Å². The second-order valence-electron chi connectivity index (χ2n) is 2.22. The van der Waals surface area contributed by atoms with Gasteiger partial charge in [0.1, 0.15) is 5.52 Å². The predicted molar refractivity (Wildman–Crippen MR) is 38.6 cm³/mol. The second-order valence-corrected chi connectivity index (χ2v) is 2.22. The summed E-state index contributed by atoms with van der Waals surface area (Å²) in [5, 5.41) is 0. The molecule has 10 heavy (non-hydrogen) atoms. The highest BCUT2D eigenvalue weighted by atomic mass is 14.9. The summed E-state index contributed by atoms with van der Waals surface area (Å²) in [6.45, 7) is 1.93. The molecule has 0 unspecified atom stereocenters. The minimum Gasteiger partial charge on any atom is -0.345 e. The van der Waals surface area contributed by atoms with Crippen molar-refractivity contribution in [1.29, 1.82) is 0 Å². The smallest absolute Gasteiger partial charge is 0.155 e. The first kappa shape index (κ1) is 5.41. The third-order valence-corrected chi connectivity index (χ3v) is 1.38. The zero-order valence-electron chi connectivity index (χ0n) is 5.63. The lowest BCUT2D eigenvalue weighted by molar-refractivity contribution is 1.17. The molecule has 0 spiro atoms. The summed E-state index contributed by atoms with van der Waals surface area (Å²) < 4.78 is 0. The van der Waals surface area contributed by atoms with Crippen molar-refractivity contribution in [3.63, 3.8) is 0 Å². The summed E-state index contributed by atoms with van der Waals surface area (Å²) >= 11 is 0. The molecule has 50 valence electrons. The lowest BCUT2D eigenvalue weighted by Gasteiger charge is -1.88. The molecule has 3 nitrogen and oxygen atoms in total. The summed E-state index contributed by atoms with van der Waals surface area (Å²) in [5.41, 5.74) is 2.73. The van der Waals surface area contributed by atoms with Gasteiger partial charge in [0.05, 0.1) is 11.9 Å². The summed E-state index contributed by atoms with van der Waals surface area (Å²) in [6, 6.07) is 1.91. The minimum atomic E-state index is 0.852. The Kier molecular flexibility index (Phi) is 0.974. The van der Waals surface area contributed by atoms with Crippen LogP contribution in [0, 0.1) is 6.92 Å². The van der Waals surface area contributed by atoms with E-state index in [1.165, 1.54) is 0 Å². The van der Waals surface area contributed by atoms with Crippen molar-refractivity contribution in [3.8, 4) is 0 Å². The van der Waals surface area contributed by atoms with Crippen LogP contribution in [0.25, 0.3) is 11.2 Å². The zero-order valence-corrected chi connectivity index (χ0v) is 5.63. The van der Waals surface area contributed by atoms with Gasteiger partial charge >= 0.3 is 0 Å². The van der Waals surface area contributed by atoms with E-state index >= 15 is 0 Å². The average molecular weight is 133 g/mol. The van der Waals surface area contributed by atoms with Gasteiger partial charge in [0.15, 0.2) is 5.65 Å². The van der Waals surface area contributed by atoms with Crippen LogP contribution in [-0.4, -0.2) is 15.0 Å². The molecule has 3 heteroatoms. The van der Waals surface area contributed by atoms with E-state index in [2.05, 4.69) is 15.0 Å². The summed E-state index contributed by atoms with van der Waals surface area (Å²) in [5.74, 6) is 0. The third kappa shape index (κ3) is 0.673. The molecule has 2 aromatic heterocycles. The number of aromatic amines is 1. The van der Waals surface area contributed by atoms with Crippen LogP contribution in [-0.2, 0) is 0 Å². The third-order valence-electron chi connectivity index (χ3n) is 1.38. The lowest BCUT2D eigenvalue weighted by atomic mass is 10.4. The number of nitrogens with one attached hydrogen (secondary N) is 1. The highest BCUT2D eigenvalue weighted by Crippen LogP contribution is 2.04. The van der Waals surface area contributed by atoms with Crippen molar-refractivity contribution < 1.29 is 0 Å². The first-order valence-corrected chi connectivity index (χ1v) is 3.13. The summed E-state index contributed by atoms with van der Waals surface area (Å²) in [7, 11) is 0. The molecule has 0 aliphatic heterocycles. The van der Waals surface area contributed by atoms with Crippen LogP contribution in [0.2, 0.25) is 0 Å². The van der Waals surface area contributed by atoms with Crippen LogP contribution < -0.4 is 0 Å². The number of hydrogen-bond donors (Lipinski definition) is 1. The largest absolute Gasteiger partial charge is 0.345 e. The molecule has 0 aliphatic rings. The van der Waals surface area contributed by atoms with Crippen molar-refractivity contribution in [1.82, 2.24) is 15.0 Å². The fourth-order valence-corrected chi connectivity index (χ4v) is 0.923. The molecule has 2 heterocycles. The highest BCUT2D eigenvalue weighted by Gasteiger charge is 1.94. The number of nitrogens with zero attached hydrogens (tertiary/aromatic N) is 2. The van der Waals surface area contributed by atoms with Gasteiger partial charge in [-0.15, -0.1) is 0 Å². The number of aromatic nitrogens is 3. The molecule has 0 radical (unpaired) electrons.